The first kappa shape index (κ1) is 18.2. The Morgan fingerprint density at radius 3 is 2.36 bits per heavy atom. The number of benzene rings is 2. The van der Waals surface area contributed by atoms with E-state index in [-0.39, 0.29) is 28.4 Å². The second-order valence-electron chi connectivity index (χ2n) is 4.63. The van der Waals surface area contributed by atoms with Crippen molar-refractivity contribution in [3.8, 4) is 5.75 Å². The minimum absolute atomic E-state index is 0.0258. The van der Waals surface area contributed by atoms with Gasteiger partial charge in [0.15, 0.2) is 0 Å². The highest BCUT2D eigenvalue weighted by atomic mass is 32.3. The number of non-ortho nitro benzene ring substituents is 1. The van der Waals surface area contributed by atoms with E-state index in [0.717, 1.165) is 30.3 Å². The molecule has 13 heteroatoms. The van der Waals surface area contributed by atoms with E-state index in [0.29, 0.717) is 0 Å². The molecule has 2 aromatic carbocycles. The summed E-state index contributed by atoms with van der Waals surface area (Å²) in [5, 5.41) is 29.7. The first-order valence-electron chi connectivity index (χ1n) is 6.40. The molecule has 7 N–H and O–H groups in total. The zero-order valence-corrected chi connectivity index (χ0v) is 13.3. The molecule has 1 unspecified atom stereocenters. The Morgan fingerprint density at radius 1 is 1.12 bits per heavy atom. The molecule has 2 rings (SSSR count). The number of nitrogens with two attached hydrogens (primary N) is 2. The van der Waals surface area contributed by atoms with E-state index in [2.05, 4.69) is 20.4 Å². The summed E-state index contributed by atoms with van der Waals surface area (Å²) < 4.78 is 27.6. The van der Waals surface area contributed by atoms with Crippen LogP contribution >= 0.6 is 0 Å². The first-order valence-corrected chi connectivity index (χ1v) is 7.81. The molecule has 1 radical (unpaired) electrons. The van der Waals surface area contributed by atoms with Crippen LogP contribution in [-0.2, 0) is 23.5 Å². The monoisotopic (exact) mass is 368 g/mol. The van der Waals surface area contributed by atoms with Crippen LogP contribution in [0.5, 0.6) is 5.75 Å². The molecule has 12 nitrogen and oxygen atoms in total. The molecule has 0 aliphatic heterocycles. The van der Waals surface area contributed by atoms with Crippen LogP contribution in [0.15, 0.2) is 45.5 Å². The van der Waals surface area contributed by atoms with Crippen LogP contribution in [0.2, 0.25) is 0 Å². The van der Waals surface area contributed by atoms with Gasteiger partial charge in [0.1, 0.15) is 5.69 Å². The number of hydrogen-bond donors (Lipinski definition) is 3. The molecule has 0 saturated heterocycles. The van der Waals surface area contributed by atoms with Crippen molar-refractivity contribution in [3.63, 3.8) is 0 Å². The molecule has 0 aliphatic rings. The smallest absolute Gasteiger partial charge is 0.484 e. The molecule has 2 aromatic rings. The van der Waals surface area contributed by atoms with Crippen LogP contribution < -0.4 is 22.5 Å². The van der Waals surface area contributed by atoms with Crippen LogP contribution in [0.4, 0.5) is 28.4 Å². The molecule has 0 aromatic heterocycles. The van der Waals surface area contributed by atoms with Gasteiger partial charge in [0, 0.05) is 18.2 Å². The summed E-state index contributed by atoms with van der Waals surface area (Å²) in [5.41, 5.74) is 10.2. The van der Waals surface area contributed by atoms with E-state index in [1.54, 1.807) is 0 Å². The van der Waals surface area contributed by atoms with E-state index >= 15 is 0 Å². The lowest BCUT2D eigenvalue weighted by molar-refractivity contribution is -0.637. The number of hydrogen-bond acceptors (Lipinski definition) is 9. The van der Waals surface area contributed by atoms with Gasteiger partial charge >= 0.3 is 10.5 Å². The van der Waals surface area contributed by atoms with Crippen molar-refractivity contribution in [1.82, 2.24) is 0 Å². The third-order valence-corrected chi connectivity index (χ3v) is 4.20. The normalized spacial score (nSPS) is 13.7. The van der Waals surface area contributed by atoms with Crippen molar-refractivity contribution in [2.45, 2.75) is 4.90 Å². The maximum atomic E-state index is 11.7. The van der Waals surface area contributed by atoms with E-state index in [1.807, 2.05) is 0 Å². The summed E-state index contributed by atoms with van der Waals surface area (Å²) in [6.45, 7) is 0. The fourth-order valence-corrected chi connectivity index (χ4v) is 2.51. The molecule has 1 atom stereocenters. The van der Waals surface area contributed by atoms with Crippen LogP contribution in [0.25, 0.3) is 0 Å². The van der Waals surface area contributed by atoms with Gasteiger partial charge in [-0.1, -0.05) is 11.8 Å². The molecule has 0 heterocycles. The average molecular weight is 368 g/mol. The number of quaternary nitrogens is 1. The summed E-state index contributed by atoms with van der Waals surface area (Å²) in [4.78, 5) is 9.59. The van der Waals surface area contributed by atoms with E-state index in [9.17, 15) is 24.0 Å². The molecule has 131 valence electrons. The standard InChI is InChI=1S/C12H12N6O6S/c13-7-4-8(14)12(25(22,23)24-15)5-9(7)16-17-10-3-6(18(20)21)1-2-11(10)19/h1-5H,15H3,(H4-,13,14,16,17,19,22)/q+1. The fraction of sp³-hybridized carbons (Fsp3) is 0. The van der Waals surface area contributed by atoms with Gasteiger partial charge in [0.05, 0.1) is 30.8 Å². The minimum atomic E-state index is -4.22. The van der Waals surface area contributed by atoms with E-state index < -0.39 is 26.1 Å². The molecular weight excluding hydrogens is 356 g/mol. The van der Waals surface area contributed by atoms with E-state index in [1.165, 1.54) is 0 Å². The Bertz CT molecular complexity index is 917. The number of azo groups is 1. The molecular formula is C12H12N6O6S+. The Hall–Kier alpha value is -3.13. The number of nitro benzene ring substituents is 1. The fourth-order valence-electron chi connectivity index (χ4n) is 1.78. The second kappa shape index (κ2) is 6.78. The number of nitro groups is 1. The topological polar surface area (TPSA) is 217 Å². The SMILES string of the molecule is Nc1cc(N)c([S+]([O])(=O)O[NH3+])cc1N=Nc1cc([N+](=O)[O-])ccc1[O-]. The number of anilines is 2. The van der Waals surface area contributed by atoms with Crippen molar-refractivity contribution >= 4 is 38.9 Å². The Labute approximate surface area is 141 Å². The predicted molar refractivity (Wildman–Crippen MR) is 83.0 cm³/mol. The lowest BCUT2D eigenvalue weighted by Crippen LogP contribution is -2.52. The summed E-state index contributed by atoms with van der Waals surface area (Å²) in [7, 11) is -4.22. The largest absolute Gasteiger partial charge is 0.871 e. The summed E-state index contributed by atoms with van der Waals surface area (Å²) in [6.07, 6.45) is 0. The van der Waals surface area contributed by atoms with Crippen molar-refractivity contribution in [2.24, 2.45) is 10.2 Å². The summed E-state index contributed by atoms with van der Waals surface area (Å²) in [5.74, 6) is 2.21. The molecule has 25 heavy (non-hydrogen) atoms. The summed E-state index contributed by atoms with van der Waals surface area (Å²) >= 11 is 0. The maximum Gasteiger partial charge on any atom is 0.484 e. The third-order valence-electron chi connectivity index (χ3n) is 3.00. The van der Waals surface area contributed by atoms with Crippen LogP contribution in [-0.4, -0.2) is 4.92 Å². The second-order valence-corrected chi connectivity index (χ2v) is 6.21. The molecule has 0 fully saturated rings. The lowest BCUT2D eigenvalue weighted by Gasteiger charge is -2.08. The highest BCUT2D eigenvalue weighted by Crippen LogP contribution is 2.35. The molecule has 0 saturated carbocycles. The van der Waals surface area contributed by atoms with Gasteiger partial charge in [0.25, 0.3) is 10.6 Å². The highest BCUT2D eigenvalue weighted by molar-refractivity contribution is 7.93. The number of nitrogen functional groups attached to an aromatic ring is 2. The lowest BCUT2D eigenvalue weighted by atomic mass is 10.2. The first-order chi connectivity index (χ1) is 11.7. The maximum absolute atomic E-state index is 11.7. The Balaban J connectivity index is 2.49. The average Bonchev–Trinajstić information content (AvgIpc) is 2.54. The van der Waals surface area contributed by atoms with Gasteiger partial charge in [0.2, 0.25) is 0 Å². The molecule has 0 amide bonds. The number of nitrogens with zero attached hydrogens (tertiary/aromatic N) is 3. The third kappa shape index (κ3) is 3.86. The van der Waals surface area contributed by atoms with Gasteiger partial charge < -0.3 is 16.6 Å². The van der Waals surface area contributed by atoms with Gasteiger partial charge in [-0.3, -0.25) is 10.1 Å². The van der Waals surface area contributed by atoms with Gasteiger partial charge in [-0.25, -0.2) is 0 Å². The number of rotatable bonds is 5. The molecule has 0 spiro atoms. The highest BCUT2D eigenvalue weighted by Gasteiger charge is 2.40. The van der Waals surface area contributed by atoms with Crippen molar-refractivity contribution in [1.29, 1.82) is 0 Å². The van der Waals surface area contributed by atoms with Crippen molar-refractivity contribution in [3.05, 3.63) is 40.4 Å². The van der Waals surface area contributed by atoms with Crippen LogP contribution in [0.1, 0.15) is 0 Å². The van der Waals surface area contributed by atoms with Gasteiger partial charge in [-0.2, -0.15) is 11.0 Å². The zero-order chi connectivity index (χ0) is 18.8. The van der Waals surface area contributed by atoms with Crippen LogP contribution in [0.3, 0.4) is 0 Å². The zero-order valence-electron chi connectivity index (χ0n) is 12.4. The van der Waals surface area contributed by atoms with Crippen LogP contribution in [0, 0.1) is 10.1 Å². The van der Waals surface area contributed by atoms with E-state index in [4.69, 9.17) is 11.5 Å². The Morgan fingerprint density at radius 2 is 1.76 bits per heavy atom. The van der Waals surface area contributed by atoms with Gasteiger partial charge in [-0.05, 0) is 10.3 Å². The molecule has 0 bridgehead atoms. The summed E-state index contributed by atoms with van der Waals surface area (Å²) in [6, 6.07) is 5.01. The van der Waals surface area contributed by atoms with Crippen molar-refractivity contribution in [2.75, 3.05) is 11.5 Å². The minimum Gasteiger partial charge on any atom is -0.871 e. The molecule has 0 aliphatic carbocycles. The predicted octanol–water partition coefficient (Wildman–Crippen LogP) is 0.541. The quantitative estimate of drug-likeness (QED) is 0.223. The van der Waals surface area contributed by atoms with Gasteiger partial charge in [-0.15, -0.1) is 5.11 Å². The Kier molecular flexibility index (Phi) is 4.94. The van der Waals surface area contributed by atoms with Crippen molar-refractivity contribution < 1.29 is 29.0 Å².